The number of rotatable bonds is 7. The van der Waals surface area contributed by atoms with Gasteiger partial charge in [0.25, 0.3) is 5.91 Å². The first-order valence-corrected chi connectivity index (χ1v) is 13.0. The topological polar surface area (TPSA) is 62.7 Å². The molecule has 0 bridgehead atoms. The molecule has 1 atom stereocenters. The van der Waals surface area contributed by atoms with E-state index in [-0.39, 0.29) is 18.4 Å². The molecule has 0 N–H and O–H groups in total. The van der Waals surface area contributed by atoms with Crippen molar-refractivity contribution in [2.45, 2.75) is 26.4 Å². The average molecular weight is 498 g/mol. The lowest BCUT2D eigenvalue weighted by atomic mass is 10.1. The van der Waals surface area contributed by atoms with Gasteiger partial charge < -0.3 is 9.64 Å². The fraction of sp³-hybridized carbons (Fsp3) is 0.207. The normalized spacial score (nSPS) is 14.8. The number of hydrogen-bond donors (Lipinski definition) is 0. The van der Waals surface area contributed by atoms with Crippen molar-refractivity contribution in [2.75, 3.05) is 22.9 Å². The van der Waals surface area contributed by atoms with Gasteiger partial charge in [0.15, 0.2) is 6.10 Å². The van der Waals surface area contributed by atoms with Crippen LogP contribution in [0.2, 0.25) is 0 Å². The van der Waals surface area contributed by atoms with Crippen LogP contribution in [0, 0.1) is 0 Å². The standard InChI is InChI=1S/C29H27N3O3S/c1-3-25-29(34)32(18-27(33)31(4-2)22-13-9-6-10-14-22)24-17-21(15-16-26(24)35-25)23-19-36-28(30-23)20-11-7-5-8-12-20/h5-17,19,25H,3-4,18H2,1-2H3. The van der Waals surface area contributed by atoms with E-state index in [9.17, 15) is 9.59 Å². The van der Waals surface area contributed by atoms with Gasteiger partial charge in [-0.3, -0.25) is 14.5 Å². The number of carbonyl (C=O) groups is 2. The number of nitrogens with zero attached hydrogens (tertiary/aromatic N) is 3. The summed E-state index contributed by atoms with van der Waals surface area (Å²) in [4.78, 5) is 34.8. The molecule has 36 heavy (non-hydrogen) atoms. The van der Waals surface area contributed by atoms with Crippen molar-refractivity contribution in [3.63, 3.8) is 0 Å². The Morgan fingerprint density at radius 3 is 2.42 bits per heavy atom. The maximum Gasteiger partial charge on any atom is 0.268 e. The number of amides is 2. The molecule has 0 saturated carbocycles. The molecule has 2 amide bonds. The first-order valence-electron chi connectivity index (χ1n) is 12.1. The van der Waals surface area contributed by atoms with Crippen LogP contribution in [0.4, 0.5) is 11.4 Å². The quantitative estimate of drug-likeness (QED) is 0.313. The molecule has 0 fully saturated rings. The Labute approximate surface area is 214 Å². The number of carbonyl (C=O) groups excluding carboxylic acids is 2. The first-order chi connectivity index (χ1) is 17.6. The van der Waals surface area contributed by atoms with Crippen molar-refractivity contribution in [3.8, 4) is 27.6 Å². The molecular formula is C29H27N3O3S. The van der Waals surface area contributed by atoms with E-state index in [0.29, 0.717) is 24.4 Å². The van der Waals surface area contributed by atoms with Gasteiger partial charge in [-0.05, 0) is 43.7 Å². The summed E-state index contributed by atoms with van der Waals surface area (Å²) in [6.45, 7) is 4.28. The Morgan fingerprint density at radius 1 is 1.00 bits per heavy atom. The Morgan fingerprint density at radius 2 is 1.72 bits per heavy atom. The van der Waals surface area contributed by atoms with Crippen molar-refractivity contribution < 1.29 is 14.3 Å². The number of hydrogen-bond acceptors (Lipinski definition) is 5. The van der Waals surface area contributed by atoms with E-state index in [2.05, 4.69) is 0 Å². The molecular weight excluding hydrogens is 470 g/mol. The second-order valence-electron chi connectivity index (χ2n) is 8.50. The van der Waals surface area contributed by atoms with Crippen LogP contribution >= 0.6 is 11.3 Å². The van der Waals surface area contributed by atoms with E-state index in [1.165, 1.54) is 0 Å². The molecule has 182 valence electrons. The van der Waals surface area contributed by atoms with Crippen molar-refractivity contribution in [2.24, 2.45) is 0 Å². The van der Waals surface area contributed by atoms with Gasteiger partial charge in [-0.25, -0.2) is 4.98 Å². The SMILES string of the molecule is CCC1Oc2ccc(-c3csc(-c4ccccc4)n3)cc2N(CC(=O)N(CC)c2ccccc2)C1=O. The molecule has 0 saturated heterocycles. The van der Waals surface area contributed by atoms with Crippen molar-refractivity contribution in [1.29, 1.82) is 0 Å². The molecule has 1 aromatic heterocycles. The van der Waals surface area contributed by atoms with Gasteiger partial charge >= 0.3 is 0 Å². The molecule has 7 heteroatoms. The van der Waals surface area contributed by atoms with E-state index in [0.717, 1.165) is 27.5 Å². The van der Waals surface area contributed by atoms with E-state index in [4.69, 9.17) is 9.72 Å². The maximum absolute atomic E-state index is 13.4. The summed E-state index contributed by atoms with van der Waals surface area (Å²) in [6, 6.07) is 25.3. The fourth-order valence-electron chi connectivity index (χ4n) is 4.36. The highest BCUT2D eigenvalue weighted by atomic mass is 32.1. The van der Waals surface area contributed by atoms with Crippen LogP contribution < -0.4 is 14.5 Å². The zero-order chi connectivity index (χ0) is 25.1. The molecule has 0 radical (unpaired) electrons. The molecule has 5 rings (SSSR count). The van der Waals surface area contributed by atoms with Gasteiger partial charge in [0.2, 0.25) is 5.91 Å². The number of fused-ring (bicyclic) bond motifs is 1. The van der Waals surface area contributed by atoms with Crippen LogP contribution in [0.3, 0.4) is 0 Å². The summed E-state index contributed by atoms with van der Waals surface area (Å²) in [5.41, 5.74) is 4.14. The number of ether oxygens (including phenoxy) is 1. The van der Waals surface area contributed by atoms with Gasteiger partial charge in [0, 0.05) is 28.7 Å². The Hall–Kier alpha value is -3.97. The lowest BCUT2D eigenvalue weighted by Gasteiger charge is -2.35. The fourth-order valence-corrected chi connectivity index (χ4v) is 5.19. The minimum Gasteiger partial charge on any atom is -0.478 e. The summed E-state index contributed by atoms with van der Waals surface area (Å²) in [5.74, 6) is 0.243. The lowest BCUT2D eigenvalue weighted by molar-refractivity contribution is -0.128. The highest BCUT2D eigenvalue weighted by Gasteiger charge is 2.35. The predicted octanol–water partition coefficient (Wildman–Crippen LogP) is 6.03. The number of likely N-dealkylation sites (N-methyl/N-ethyl adjacent to an activating group) is 1. The molecule has 1 aliphatic rings. The maximum atomic E-state index is 13.4. The summed E-state index contributed by atoms with van der Waals surface area (Å²) in [6.07, 6.45) is -0.0974. The molecule has 0 spiro atoms. The Bertz CT molecular complexity index is 1370. The van der Waals surface area contributed by atoms with Gasteiger partial charge in [-0.15, -0.1) is 11.3 Å². The number of benzene rings is 3. The lowest BCUT2D eigenvalue weighted by Crippen LogP contribution is -2.50. The zero-order valence-electron chi connectivity index (χ0n) is 20.3. The first kappa shape index (κ1) is 23.8. The van der Waals surface area contributed by atoms with E-state index >= 15 is 0 Å². The van der Waals surface area contributed by atoms with Gasteiger partial charge in [0.05, 0.1) is 11.4 Å². The molecule has 0 aliphatic carbocycles. The molecule has 4 aromatic rings. The van der Waals surface area contributed by atoms with Crippen LogP contribution in [0.25, 0.3) is 21.8 Å². The third-order valence-corrected chi connectivity index (χ3v) is 7.12. The van der Waals surface area contributed by atoms with Crippen LogP contribution in [0.15, 0.2) is 84.2 Å². The van der Waals surface area contributed by atoms with E-state index in [1.54, 1.807) is 21.1 Å². The average Bonchev–Trinajstić information content (AvgIpc) is 3.42. The van der Waals surface area contributed by atoms with E-state index in [1.807, 2.05) is 98.1 Å². The van der Waals surface area contributed by atoms with Crippen molar-refractivity contribution in [1.82, 2.24) is 4.98 Å². The molecule has 3 aromatic carbocycles. The highest BCUT2D eigenvalue weighted by molar-refractivity contribution is 7.13. The second kappa shape index (κ2) is 10.3. The molecule has 1 aliphatic heterocycles. The Kier molecular flexibility index (Phi) is 6.82. The third kappa shape index (κ3) is 4.62. The molecule has 2 heterocycles. The molecule has 6 nitrogen and oxygen atoms in total. The zero-order valence-corrected chi connectivity index (χ0v) is 21.1. The van der Waals surface area contributed by atoms with E-state index < -0.39 is 6.10 Å². The van der Waals surface area contributed by atoms with Crippen LogP contribution in [-0.4, -0.2) is 36.0 Å². The Balaban J connectivity index is 1.48. The smallest absolute Gasteiger partial charge is 0.268 e. The van der Waals surface area contributed by atoms with Gasteiger partial charge in [-0.1, -0.05) is 55.5 Å². The van der Waals surface area contributed by atoms with Gasteiger partial charge in [-0.2, -0.15) is 0 Å². The largest absolute Gasteiger partial charge is 0.478 e. The van der Waals surface area contributed by atoms with Crippen LogP contribution in [0.5, 0.6) is 5.75 Å². The number of aromatic nitrogens is 1. The minimum absolute atomic E-state index is 0.0653. The third-order valence-electron chi connectivity index (χ3n) is 6.23. The predicted molar refractivity (Wildman–Crippen MR) is 145 cm³/mol. The summed E-state index contributed by atoms with van der Waals surface area (Å²) >= 11 is 1.57. The summed E-state index contributed by atoms with van der Waals surface area (Å²) in [7, 11) is 0. The summed E-state index contributed by atoms with van der Waals surface area (Å²) in [5, 5.41) is 2.93. The number of thiazole rings is 1. The monoisotopic (exact) mass is 497 g/mol. The van der Waals surface area contributed by atoms with Crippen molar-refractivity contribution in [3.05, 3.63) is 84.2 Å². The van der Waals surface area contributed by atoms with Crippen molar-refractivity contribution >= 4 is 34.5 Å². The number of para-hydroxylation sites is 1. The van der Waals surface area contributed by atoms with Gasteiger partial charge in [0.1, 0.15) is 17.3 Å². The summed E-state index contributed by atoms with van der Waals surface area (Å²) < 4.78 is 6.01. The highest BCUT2D eigenvalue weighted by Crippen LogP contribution is 2.39. The van der Waals surface area contributed by atoms with Crippen LogP contribution in [-0.2, 0) is 9.59 Å². The molecule has 1 unspecified atom stereocenters. The number of anilines is 2. The van der Waals surface area contributed by atoms with Crippen LogP contribution in [0.1, 0.15) is 20.3 Å². The second-order valence-corrected chi connectivity index (χ2v) is 9.36. The minimum atomic E-state index is -0.619.